The summed E-state index contributed by atoms with van der Waals surface area (Å²) < 4.78 is 5.39. The first-order valence-corrected chi connectivity index (χ1v) is 9.42. The Bertz CT molecular complexity index is 597. The molecule has 2 aliphatic carbocycles. The fraction of sp³-hybridized carbons (Fsp3) is 0.650. The molecule has 1 amide bonds. The van der Waals surface area contributed by atoms with E-state index in [-0.39, 0.29) is 17.9 Å². The molecule has 0 aromatic heterocycles. The highest BCUT2D eigenvalue weighted by Gasteiger charge is 2.50. The molecule has 130 valence electrons. The third-order valence-electron chi connectivity index (χ3n) is 6.21. The molecule has 0 spiro atoms. The Morgan fingerprint density at radius 2 is 2.17 bits per heavy atom. The smallest absolute Gasteiger partial charge is 0.223 e. The number of amides is 1. The van der Waals surface area contributed by atoms with Crippen molar-refractivity contribution in [1.82, 2.24) is 10.2 Å². The molecule has 4 heteroatoms. The number of ether oxygens (including phenoxy) is 1. The van der Waals surface area contributed by atoms with Crippen LogP contribution in [0.5, 0.6) is 5.75 Å². The summed E-state index contributed by atoms with van der Waals surface area (Å²) >= 11 is 0. The van der Waals surface area contributed by atoms with Crippen LogP contribution < -0.4 is 10.1 Å². The van der Waals surface area contributed by atoms with Crippen LogP contribution in [0.2, 0.25) is 0 Å². The second kappa shape index (κ2) is 6.75. The van der Waals surface area contributed by atoms with Gasteiger partial charge in [0.2, 0.25) is 5.91 Å². The van der Waals surface area contributed by atoms with Crippen molar-refractivity contribution < 1.29 is 9.53 Å². The summed E-state index contributed by atoms with van der Waals surface area (Å²) in [6.45, 7) is 2.94. The first-order valence-electron chi connectivity index (χ1n) is 9.42. The Morgan fingerprint density at radius 1 is 1.33 bits per heavy atom. The highest BCUT2D eigenvalue weighted by Crippen LogP contribution is 2.55. The van der Waals surface area contributed by atoms with E-state index in [0.717, 1.165) is 31.2 Å². The highest BCUT2D eigenvalue weighted by molar-refractivity contribution is 5.79. The summed E-state index contributed by atoms with van der Waals surface area (Å²) in [7, 11) is 1.71. The summed E-state index contributed by atoms with van der Waals surface area (Å²) in [6.07, 6.45) is 6.13. The average molecular weight is 328 g/mol. The van der Waals surface area contributed by atoms with Crippen LogP contribution in [0.25, 0.3) is 0 Å². The maximum Gasteiger partial charge on any atom is 0.223 e. The Labute approximate surface area is 144 Å². The van der Waals surface area contributed by atoms with Gasteiger partial charge in [0.1, 0.15) is 5.75 Å². The number of carbonyl (C=O) groups excluding carboxylic acids is 1. The minimum Gasteiger partial charge on any atom is -0.497 e. The predicted molar refractivity (Wildman–Crippen MR) is 93.9 cm³/mol. The fourth-order valence-electron chi connectivity index (χ4n) is 4.72. The van der Waals surface area contributed by atoms with Crippen molar-refractivity contribution >= 4 is 5.91 Å². The van der Waals surface area contributed by atoms with Crippen LogP contribution in [0, 0.1) is 17.8 Å². The number of likely N-dealkylation sites (tertiary alicyclic amines) is 1. The first-order chi connectivity index (χ1) is 11.8. The first kappa shape index (κ1) is 15.9. The molecule has 1 saturated heterocycles. The molecule has 1 aromatic carbocycles. The molecular formula is C20H28N2O2. The van der Waals surface area contributed by atoms with E-state index in [4.69, 9.17) is 4.74 Å². The zero-order valence-electron chi connectivity index (χ0n) is 14.5. The summed E-state index contributed by atoms with van der Waals surface area (Å²) in [5.74, 6) is 2.99. The number of carbonyl (C=O) groups is 1. The van der Waals surface area contributed by atoms with Gasteiger partial charge in [-0.1, -0.05) is 12.1 Å². The molecule has 0 radical (unpaired) electrons. The molecule has 3 fully saturated rings. The summed E-state index contributed by atoms with van der Waals surface area (Å²) in [6, 6.07) is 8.55. The van der Waals surface area contributed by atoms with Crippen molar-refractivity contribution in [2.75, 3.05) is 26.7 Å². The fourth-order valence-corrected chi connectivity index (χ4v) is 4.72. The van der Waals surface area contributed by atoms with E-state index < -0.39 is 0 Å². The van der Waals surface area contributed by atoms with Crippen LogP contribution in [0.1, 0.15) is 43.7 Å². The van der Waals surface area contributed by atoms with E-state index in [1.807, 2.05) is 12.1 Å². The minimum absolute atomic E-state index is 0.253. The average Bonchev–Trinajstić information content (AvgIpc) is 3.01. The van der Waals surface area contributed by atoms with Gasteiger partial charge in [0.15, 0.2) is 0 Å². The van der Waals surface area contributed by atoms with Crippen molar-refractivity contribution in [3.8, 4) is 5.75 Å². The van der Waals surface area contributed by atoms with E-state index in [1.165, 1.54) is 31.2 Å². The predicted octanol–water partition coefficient (Wildman–Crippen LogP) is 2.99. The van der Waals surface area contributed by atoms with Crippen molar-refractivity contribution in [3.05, 3.63) is 29.8 Å². The summed E-state index contributed by atoms with van der Waals surface area (Å²) in [5.41, 5.74) is 1.24. The molecule has 1 N–H and O–H groups in total. The number of rotatable bonds is 6. The molecular weight excluding hydrogens is 300 g/mol. The van der Waals surface area contributed by atoms with Crippen LogP contribution in [0.3, 0.4) is 0 Å². The molecule has 3 aliphatic rings. The zero-order chi connectivity index (χ0) is 16.5. The number of hydrogen-bond acceptors (Lipinski definition) is 3. The Kier molecular flexibility index (Phi) is 4.49. The third-order valence-corrected chi connectivity index (χ3v) is 6.21. The van der Waals surface area contributed by atoms with Crippen molar-refractivity contribution in [2.24, 2.45) is 17.8 Å². The second-order valence-electron chi connectivity index (χ2n) is 7.62. The summed E-state index contributed by atoms with van der Waals surface area (Å²) in [4.78, 5) is 15.1. The zero-order valence-corrected chi connectivity index (χ0v) is 14.5. The molecule has 2 saturated carbocycles. The third kappa shape index (κ3) is 3.16. The van der Waals surface area contributed by atoms with Gasteiger partial charge in [0.05, 0.1) is 13.2 Å². The number of methoxy groups -OCH3 is 1. The number of benzene rings is 1. The quantitative estimate of drug-likeness (QED) is 0.873. The topological polar surface area (TPSA) is 41.6 Å². The molecule has 24 heavy (non-hydrogen) atoms. The van der Waals surface area contributed by atoms with Gasteiger partial charge in [-0.3, -0.25) is 9.69 Å². The van der Waals surface area contributed by atoms with Crippen LogP contribution in [-0.4, -0.2) is 37.6 Å². The lowest BCUT2D eigenvalue weighted by Crippen LogP contribution is -2.39. The maximum absolute atomic E-state index is 12.6. The molecule has 1 aromatic rings. The molecule has 4 nitrogen and oxygen atoms in total. The van der Waals surface area contributed by atoms with E-state index >= 15 is 0 Å². The van der Waals surface area contributed by atoms with Crippen LogP contribution in [0.4, 0.5) is 0 Å². The van der Waals surface area contributed by atoms with Gasteiger partial charge in [0.25, 0.3) is 0 Å². The van der Waals surface area contributed by atoms with Crippen LogP contribution in [0.15, 0.2) is 24.3 Å². The highest BCUT2D eigenvalue weighted by atomic mass is 16.5. The Hall–Kier alpha value is -1.55. The Morgan fingerprint density at radius 3 is 2.83 bits per heavy atom. The molecule has 0 bridgehead atoms. The number of hydrogen-bond donors (Lipinski definition) is 1. The number of nitrogens with zero attached hydrogens (tertiary/aromatic N) is 1. The van der Waals surface area contributed by atoms with Crippen molar-refractivity contribution in [3.63, 3.8) is 0 Å². The summed E-state index contributed by atoms with van der Waals surface area (Å²) in [5, 5.41) is 3.27. The molecule has 4 atom stereocenters. The van der Waals surface area contributed by atoms with E-state index in [0.29, 0.717) is 12.5 Å². The van der Waals surface area contributed by atoms with Gasteiger partial charge < -0.3 is 10.1 Å². The molecule has 1 heterocycles. The standard InChI is InChI=1S/C20H28N2O2/c1-24-16-6-4-5-15(11-16)19(22-9-2-3-10-22)13-21-20(23)17-8-7-14-12-18(14)17/h4-6,11,14,17-19H,2-3,7-10,12-13H2,1H3,(H,21,23)/t14-,17-,18+,19?/m1/s1. The largest absolute Gasteiger partial charge is 0.497 e. The molecule has 1 aliphatic heterocycles. The van der Waals surface area contributed by atoms with Gasteiger partial charge >= 0.3 is 0 Å². The van der Waals surface area contributed by atoms with Crippen LogP contribution >= 0.6 is 0 Å². The Balaban J connectivity index is 1.44. The minimum atomic E-state index is 0.253. The SMILES string of the molecule is COc1cccc(C(CNC(=O)[C@@H]2CC[C@@H]3C[C@@H]32)N2CCCC2)c1. The van der Waals surface area contributed by atoms with Gasteiger partial charge in [-0.25, -0.2) is 0 Å². The van der Waals surface area contributed by atoms with E-state index in [9.17, 15) is 4.79 Å². The second-order valence-corrected chi connectivity index (χ2v) is 7.62. The lowest BCUT2D eigenvalue weighted by molar-refractivity contribution is -0.125. The van der Waals surface area contributed by atoms with E-state index in [2.05, 4.69) is 22.3 Å². The van der Waals surface area contributed by atoms with E-state index in [1.54, 1.807) is 7.11 Å². The van der Waals surface area contributed by atoms with Gasteiger partial charge in [0, 0.05) is 12.5 Å². The van der Waals surface area contributed by atoms with Gasteiger partial charge in [-0.15, -0.1) is 0 Å². The maximum atomic E-state index is 12.6. The van der Waals surface area contributed by atoms with Crippen molar-refractivity contribution in [1.29, 1.82) is 0 Å². The molecule has 4 rings (SSSR count). The molecule has 1 unspecified atom stereocenters. The van der Waals surface area contributed by atoms with Crippen LogP contribution in [-0.2, 0) is 4.79 Å². The lowest BCUT2D eigenvalue weighted by atomic mass is 10.0. The monoisotopic (exact) mass is 328 g/mol. The lowest BCUT2D eigenvalue weighted by Gasteiger charge is -2.29. The van der Waals surface area contributed by atoms with Crippen molar-refractivity contribution in [2.45, 2.75) is 38.1 Å². The van der Waals surface area contributed by atoms with Gasteiger partial charge in [-0.05, 0) is 74.7 Å². The normalized spacial score (nSPS) is 30.0. The number of nitrogens with one attached hydrogen (secondary N) is 1. The van der Waals surface area contributed by atoms with Gasteiger partial charge in [-0.2, -0.15) is 0 Å². The number of fused-ring (bicyclic) bond motifs is 1.